The highest BCUT2D eigenvalue weighted by Crippen LogP contribution is 2.36. The second-order valence-corrected chi connectivity index (χ2v) is 9.75. The molecule has 4 rings (SSSR count). The zero-order valence-electron chi connectivity index (χ0n) is 18.6. The van der Waals surface area contributed by atoms with Gasteiger partial charge in [-0.3, -0.25) is 14.5 Å². The van der Waals surface area contributed by atoms with Crippen molar-refractivity contribution in [2.24, 2.45) is 0 Å². The summed E-state index contributed by atoms with van der Waals surface area (Å²) in [5.41, 5.74) is 2.27. The summed E-state index contributed by atoms with van der Waals surface area (Å²) in [6.07, 6.45) is 1.67. The van der Waals surface area contributed by atoms with E-state index >= 15 is 0 Å². The molecular weight excluding hydrogens is 529 g/mol. The minimum atomic E-state index is -0.363. The van der Waals surface area contributed by atoms with Crippen molar-refractivity contribution in [2.75, 3.05) is 6.61 Å². The molecule has 1 aliphatic rings. The highest BCUT2D eigenvalue weighted by molar-refractivity contribution is 8.18. The van der Waals surface area contributed by atoms with E-state index in [9.17, 15) is 9.59 Å². The maximum absolute atomic E-state index is 12.9. The number of carbonyl (C=O) groups is 2. The molecule has 1 aliphatic heterocycles. The summed E-state index contributed by atoms with van der Waals surface area (Å²) in [5, 5.41) is 1.10. The molecule has 1 fully saturated rings. The van der Waals surface area contributed by atoms with Crippen molar-refractivity contribution in [1.82, 2.24) is 4.90 Å². The highest BCUT2D eigenvalue weighted by atomic mass is 35.5. The molecule has 9 heteroatoms. The number of amides is 2. The number of ether oxygens (including phenoxy) is 2. The van der Waals surface area contributed by atoms with Crippen molar-refractivity contribution in [3.8, 4) is 11.5 Å². The predicted molar refractivity (Wildman–Crippen MR) is 141 cm³/mol. The van der Waals surface area contributed by atoms with Crippen LogP contribution in [0.4, 0.5) is 4.79 Å². The number of thioether (sulfide) groups is 1. The summed E-state index contributed by atoms with van der Waals surface area (Å²) in [7, 11) is 0. The van der Waals surface area contributed by atoms with Crippen LogP contribution < -0.4 is 9.47 Å². The first kappa shape index (κ1) is 25.5. The molecule has 3 aromatic rings. The van der Waals surface area contributed by atoms with Gasteiger partial charge < -0.3 is 9.47 Å². The van der Waals surface area contributed by atoms with Gasteiger partial charge in [0.2, 0.25) is 0 Å². The molecule has 1 heterocycles. The van der Waals surface area contributed by atoms with Crippen molar-refractivity contribution >= 4 is 63.8 Å². The second kappa shape index (κ2) is 11.4. The Kier molecular flexibility index (Phi) is 8.29. The topological polar surface area (TPSA) is 55.8 Å². The molecule has 0 aromatic heterocycles. The lowest BCUT2D eigenvalue weighted by Gasteiger charge is -2.14. The minimum absolute atomic E-state index is 0.118. The van der Waals surface area contributed by atoms with E-state index in [0.29, 0.717) is 49.2 Å². The fraction of sp³-hybridized carbons (Fsp3) is 0.154. The number of hydrogen-bond donors (Lipinski definition) is 0. The van der Waals surface area contributed by atoms with Crippen molar-refractivity contribution < 1.29 is 19.1 Å². The molecule has 180 valence electrons. The number of rotatable bonds is 8. The molecule has 0 spiro atoms. The molecule has 3 aromatic carbocycles. The van der Waals surface area contributed by atoms with Crippen molar-refractivity contribution in [3.63, 3.8) is 0 Å². The largest absolute Gasteiger partial charge is 0.490 e. The van der Waals surface area contributed by atoms with Crippen LogP contribution in [0.5, 0.6) is 11.5 Å². The average Bonchev–Trinajstić information content (AvgIpc) is 3.09. The lowest BCUT2D eigenvalue weighted by Crippen LogP contribution is -2.27. The first-order valence-corrected chi connectivity index (χ1v) is 12.6. The average molecular weight is 549 g/mol. The third-order valence-electron chi connectivity index (χ3n) is 5.10. The number of imide groups is 1. The smallest absolute Gasteiger partial charge is 0.293 e. The van der Waals surface area contributed by atoms with Crippen LogP contribution in [-0.2, 0) is 17.9 Å². The van der Waals surface area contributed by atoms with Crippen LogP contribution in [0.3, 0.4) is 0 Å². The Morgan fingerprint density at radius 2 is 1.69 bits per heavy atom. The summed E-state index contributed by atoms with van der Waals surface area (Å²) < 4.78 is 11.7. The molecule has 0 unspecified atom stereocenters. The van der Waals surface area contributed by atoms with Gasteiger partial charge >= 0.3 is 0 Å². The van der Waals surface area contributed by atoms with E-state index in [4.69, 9.17) is 44.3 Å². The van der Waals surface area contributed by atoms with Gasteiger partial charge in [0.15, 0.2) is 11.5 Å². The summed E-state index contributed by atoms with van der Waals surface area (Å²) in [6.45, 7) is 2.70. The number of hydrogen-bond acceptors (Lipinski definition) is 5. The van der Waals surface area contributed by atoms with Crippen LogP contribution in [0.15, 0.2) is 65.6 Å². The molecule has 0 atom stereocenters. The summed E-state index contributed by atoms with van der Waals surface area (Å²) >= 11 is 19.1. The normalized spacial score (nSPS) is 14.6. The molecule has 0 bridgehead atoms. The van der Waals surface area contributed by atoms with Crippen LogP contribution in [0.25, 0.3) is 6.08 Å². The Morgan fingerprint density at radius 1 is 0.886 bits per heavy atom. The van der Waals surface area contributed by atoms with Crippen LogP contribution in [0, 0.1) is 0 Å². The summed E-state index contributed by atoms with van der Waals surface area (Å²) in [6, 6.07) is 17.8. The van der Waals surface area contributed by atoms with Gasteiger partial charge in [0.05, 0.1) is 28.1 Å². The van der Waals surface area contributed by atoms with E-state index in [1.807, 2.05) is 19.1 Å². The van der Waals surface area contributed by atoms with Gasteiger partial charge in [0.25, 0.3) is 11.1 Å². The molecule has 0 N–H and O–H groups in total. The Morgan fingerprint density at radius 3 is 2.43 bits per heavy atom. The Hall–Kier alpha value is -2.64. The van der Waals surface area contributed by atoms with Gasteiger partial charge in [-0.1, -0.05) is 65.1 Å². The maximum Gasteiger partial charge on any atom is 0.293 e. The predicted octanol–water partition coefficient (Wildman–Crippen LogP) is 7.86. The fourth-order valence-electron chi connectivity index (χ4n) is 3.38. The van der Waals surface area contributed by atoms with Crippen LogP contribution in [0.1, 0.15) is 23.6 Å². The highest BCUT2D eigenvalue weighted by Gasteiger charge is 2.35. The number of nitrogens with zero attached hydrogens (tertiary/aromatic N) is 1. The number of halogens is 3. The van der Waals surface area contributed by atoms with Crippen LogP contribution in [0.2, 0.25) is 15.1 Å². The van der Waals surface area contributed by atoms with Gasteiger partial charge in [-0.25, -0.2) is 0 Å². The van der Waals surface area contributed by atoms with E-state index in [0.717, 1.165) is 17.3 Å². The Labute approximate surface area is 222 Å². The zero-order chi connectivity index (χ0) is 24.9. The van der Waals surface area contributed by atoms with Gasteiger partial charge in [-0.2, -0.15) is 0 Å². The fourth-order valence-corrected chi connectivity index (χ4v) is 4.73. The van der Waals surface area contributed by atoms with E-state index in [-0.39, 0.29) is 24.3 Å². The monoisotopic (exact) mass is 547 g/mol. The van der Waals surface area contributed by atoms with Crippen molar-refractivity contribution in [1.29, 1.82) is 0 Å². The standard InChI is InChI=1S/C26H20Cl3NO4S/c1-2-33-23-12-16(8-10-22(23)34-15-17-7-9-20(28)21(29)11-17)13-24-25(31)30(26(32)35-24)14-18-5-3-4-6-19(18)27/h3-13H,2,14-15H2,1H3/b24-13+. The van der Waals surface area contributed by atoms with E-state index in [1.165, 1.54) is 4.90 Å². The first-order valence-electron chi connectivity index (χ1n) is 10.7. The summed E-state index contributed by atoms with van der Waals surface area (Å²) in [5.74, 6) is 0.705. The number of carbonyl (C=O) groups excluding carboxylic acids is 2. The van der Waals surface area contributed by atoms with Crippen LogP contribution in [-0.4, -0.2) is 22.7 Å². The van der Waals surface area contributed by atoms with Gasteiger partial charge in [0.1, 0.15) is 6.61 Å². The molecule has 5 nitrogen and oxygen atoms in total. The molecular formula is C26H20Cl3NO4S. The maximum atomic E-state index is 12.9. The minimum Gasteiger partial charge on any atom is -0.490 e. The molecule has 35 heavy (non-hydrogen) atoms. The van der Waals surface area contributed by atoms with Gasteiger partial charge in [-0.05, 0) is 71.8 Å². The molecule has 2 amide bonds. The van der Waals surface area contributed by atoms with Gasteiger partial charge in [0, 0.05) is 5.02 Å². The van der Waals surface area contributed by atoms with Gasteiger partial charge in [-0.15, -0.1) is 0 Å². The third-order valence-corrected chi connectivity index (χ3v) is 7.12. The van der Waals surface area contributed by atoms with Crippen LogP contribution >= 0.6 is 46.6 Å². The molecule has 0 radical (unpaired) electrons. The van der Waals surface area contributed by atoms with E-state index in [1.54, 1.807) is 54.6 Å². The summed E-state index contributed by atoms with van der Waals surface area (Å²) in [4.78, 5) is 27.0. The molecule has 1 saturated heterocycles. The third kappa shape index (κ3) is 6.14. The Balaban J connectivity index is 1.51. The zero-order valence-corrected chi connectivity index (χ0v) is 21.7. The van der Waals surface area contributed by atoms with E-state index < -0.39 is 0 Å². The second-order valence-electron chi connectivity index (χ2n) is 7.54. The number of benzene rings is 3. The molecule has 0 aliphatic carbocycles. The van der Waals surface area contributed by atoms with E-state index in [2.05, 4.69) is 0 Å². The van der Waals surface area contributed by atoms with Crippen molar-refractivity contribution in [3.05, 3.63) is 97.3 Å². The first-order chi connectivity index (χ1) is 16.9. The Bertz CT molecular complexity index is 1310. The lowest BCUT2D eigenvalue weighted by atomic mass is 10.1. The quantitative estimate of drug-likeness (QED) is 0.268. The van der Waals surface area contributed by atoms with Crippen molar-refractivity contribution in [2.45, 2.75) is 20.1 Å². The lowest BCUT2D eigenvalue weighted by molar-refractivity contribution is -0.123. The SMILES string of the molecule is CCOc1cc(/C=C2/SC(=O)N(Cc3ccccc3Cl)C2=O)ccc1OCc1ccc(Cl)c(Cl)c1. The molecule has 0 saturated carbocycles.